The van der Waals surface area contributed by atoms with Crippen LogP contribution in [0.25, 0.3) is 0 Å². The van der Waals surface area contributed by atoms with Gasteiger partial charge in [0.25, 0.3) is 0 Å². The predicted octanol–water partition coefficient (Wildman–Crippen LogP) is 5.27. The molecule has 21 heavy (non-hydrogen) atoms. The molecule has 2 aromatic carbocycles. The Labute approximate surface area is 139 Å². The second kappa shape index (κ2) is 7.30. The Kier molecular flexibility index (Phi) is 5.68. The first-order chi connectivity index (χ1) is 10.0. The molecule has 0 aliphatic carbocycles. The topological polar surface area (TPSA) is 35.2 Å². The monoisotopic (exact) mass is 367 g/mol. The summed E-state index contributed by atoms with van der Waals surface area (Å²) < 4.78 is 7.02. The fourth-order valence-electron chi connectivity index (χ4n) is 2.21. The van der Waals surface area contributed by atoms with E-state index in [9.17, 15) is 0 Å². The van der Waals surface area contributed by atoms with Crippen LogP contribution in [0.5, 0.6) is 5.75 Å². The van der Waals surface area contributed by atoms with Gasteiger partial charge in [-0.25, -0.2) is 0 Å². The number of halogens is 2. The SMILES string of the molecule is CCC(N)C(Oc1ccc(Cl)cc1Br)c1ccccc1C. The molecular formula is C17H19BrClNO. The van der Waals surface area contributed by atoms with E-state index in [0.29, 0.717) is 5.02 Å². The second-order valence-corrected chi connectivity index (χ2v) is 6.33. The summed E-state index contributed by atoms with van der Waals surface area (Å²) in [5.74, 6) is 0.747. The third-order valence-electron chi connectivity index (χ3n) is 3.50. The lowest BCUT2D eigenvalue weighted by molar-refractivity contribution is 0.169. The van der Waals surface area contributed by atoms with Gasteiger partial charge in [0.2, 0.25) is 0 Å². The minimum atomic E-state index is -0.186. The van der Waals surface area contributed by atoms with Gasteiger partial charge >= 0.3 is 0 Å². The van der Waals surface area contributed by atoms with E-state index in [1.165, 1.54) is 5.56 Å². The molecule has 2 nitrogen and oxygen atoms in total. The largest absolute Gasteiger partial charge is 0.483 e. The second-order valence-electron chi connectivity index (χ2n) is 5.04. The van der Waals surface area contributed by atoms with E-state index in [1.807, 2.05) is 30.3 Å². The molecule has 0 radical (unpaired) electrons. The molecule has 0 saturated heterocycles. The molecule has 0 bridgehead atoms. The molecule has 0 saturated carbocycles. The molecule has 4 heteroatoms. The Morgan fingerprint density at radius 1 is 1.24 bits per heavy atom. The first-order valence-corrected chi connectivity index (χ1v) is 8.12. The first kappa shape index (κ1) is 16.3. The third-order valence-corrected chi connectivity index (χ3v) is 4.36. The molecule has 0 fully saturated rings. The van der Waals surface area contributed by atoms with Crippen molar-refractivity contribution in [2.45, 2.75) is 32.4 Å². The highest BCUT2D eigenvalue weighted by Gasteiger charge is 2.22. The molecule has 112 valence electrons. The smallest absolute Gasteiger partial charge is 0.139 e. The average Bonchev–Trinajstić information content (AvgIpc) is 2.47. The minimum absolute atomic E-state index is 0.0753. The highest BCUT2D eigenvalue weighted by molar-refractivity contribution is 9.10. The van der Waals surface area contributed by atoms with Gasteiger partial charge in [-0.3, -0.25) is 0 Å². The van der Waals surface area contributed by atoms with Gasteiger partial charge in [-0.05, 0) is 58.6 Å². The van der Waals surface area contributed by atoms with Crippen molar-refractivity contribution in [3.05, 3.63) is 63.1 Å². The summed E-state index contributed by atoms with van der Waals surface area (Å²) in [6.07, 6.45) is 0.651. The van der Waals surface area contributed by atoms with Crippen LogP contribution in [0, 0.1) is 6.92 Å². The molecular weight excluding hydrogens is 350 g/mol. The Hall–Kier alpha value is -1.03. The van der Waals surface area contributed by atoms with Gasteiger partial charge in [-0.1, -0.05) is 42.8 Å². The average molecular weight is 369 g/mol. The first-order valence-electron chi connectivity index (χ1n) is 6.95. The summed E-state index contributed by atoms with van der Waals surface area (Å²) >= 11 is 9.46. The van der Waals surface area contributed by atoms with Crippen LogP contribution in [-0.2, 0) is 0 Å². The third kappa shape index (κ3) is 4.00. The molecule has 2 rings (SSSR count). The zero-order valence-corrected chi connectivity index (χ0v) is 14.5. The summed E-state index contributed by atoms with van der Waals surface area (Å²) in [5.41, 5.74) is 8.58. The van der Waals surface area contributed by atoms with Gasteiger partial charge in [0.15, 0.2) is 0 Å². The van der Waals surface area contributed by atoms with Gasteiger partial charge in [-0.15, -0.1) is 0 Å². The van der Waals surface area contributed by atoms with E-state index in [4.69, 9.17) is 22.1 Å². The van der Waals surface area contributed by atoms with Crippen molar-refractivity contribution >= 4 is 27.5 Å². The maximum atomic E-state index is 6.28. The Morgan fingerprint density at radius 3 is 2.57 bits per heavy atom. The Balaban J connectivity index is 2.35. The van der Waals surface area contributed by atoms with Gasteiger partial charge in [0, 0.05) is 11.1 Å². The number of aryl methyl sites for hydroxylation is 1. The molecule has 2 aromatic rings. The lowest BCUT2D eigenvalue weighted by atomic mass is 9.97. The van der Waals surface area contributed by atoms with Crippen LogP contribution in [0.2, 0.25) is 5.02 Å². The molecule has 2 N–H and O–H groups in total. The molecule has 0 heterocycles. The van der Waals surface area contributed by atoms with Crippen LogP contribution in [0.3, 0.4) is 0 Å². The van der Waals surface area contributed by atoms with Crippen LogP contribution in [0.15, 0.2) is 46.9 Å². The van der Waals surface area contributed by atoms with Crippen molar-refractivity contribution in [2.75, 3.05) is 0 Å². The highest BCUT2D eigenvalue weighted by Crippen LogP contribution is 2.33. The number of hydrogen-bond acceptors (Lipinski definition) is 2. The molecule has 2 atom stereocenters. The zero-order valence-electron chi connectivity index (χ0n) is 12.1. The van der Waals surface area contributed by atoms with Crippen LogP contribution in [0.1, 0.15) is 30.6 Å². The lowest BCUT2D eigenvalue weighted by Gasteiger charge is -2.26. The van der Waals surface area contributed by atoms with Crippen molar-refractivity contribution < 1.29 is 4.74 Å². The van der Waals surface area contributed by atoms with Gasteiger partial charge < -0.3 is 10.5 Å². The Morgan fingerprint density at radius 2 is 1.95 bits per heavy atom. The van der Waals surface area contributed by atoms with Crippen LogP contribution in [0.4, 0.5) is 0 Å². The minimum Gasteiger partial charge on any atom is -0.483 e. The van der Waals surface area contributed by atoms with E-state index >= 15 is 0 Å². The van der Waals surface area contributed by atoms with Crippen molar-refractivity contribution in [2.24, 2.45) is 5.73 Å². The molecule has 0 spiro atoms. The maximum absolute atomic E-state index is 6.28. The molecule has 0 aromatic heterocycles. The zero-order chi connectivity index (χ0) is 15.4. The number of hydrogen-bond donors (Lipinski definition) is 1. The van der Waals surface area contributed by atoms with E-state index in [2.05, 4.69) is 41.9 Å². The standard InChI is InChI=1S/C17H19BrClNO/c1-3-15(20)17(13-7-5-4-6-11(13)2)21-16-9-8-12(19)10-14(16)18/h4-10,15,17H,3,20H2,1-2H3. The summed E-state index contributed by atoms with van der Waals surface area (Å²) in [4.78, 5) is 0. The van der Waals surface area contributed by atoms with E-state index in [1.54, 1.807) is 0 Å². The molecule has 0 amide bonds. The lowest BCUT2D eigenvalue weighted by Crippen LogP contribution is -2.32. The summed E-state index contributed by atoms with van der Waals surface area (Å²) in [6, 6.07) is 13.6. The van der Waals surface area contributed by atoms with Crippen LogP contribution >= 0.6 is 27.5 Å². The Bertz CT molecular complexity index is 617. The number of ether oxygens (including phenoxy) is 1. The van der Waals surface area contributed by atoms with Crippen molar-refractivity contribution in [1.82, 2.24) is 0 Å². The van der Waals surface area contributed by atoms with E-state index < -0.39 is 0 Å². The maximum Gasteiger partial charge on any atom is 0.139 e. The summed E-state index contributed by atoms with van der Waals surface area (Å²) in [7, 11) is 0. The van der Waals surface area contributed by atoms with Crippen LogP contribution < -0.4 is 10.5 Å². The van der Waals surface area contributed by atoms with E-state index in [0.717, 1.165) is 22.2 Å². The molecule has 0 aliphatic heterocycles. The van der Waals surface area contributed by atoms with Gasteiger partial charge in [-0.2, -0.15) is 0 Å². The fourth-order valence-corrected chi connectivity index (χ4v) is 2.99. The highest BCUT2D eigenvalue weighted by atomic mass is 79.9. The van der Waals surface area contributed by atoms with Crippen molar-refractivity contribution in [1.29, 1.82) is 0 Å². The number of benzene rings is 2. The van der Waals surface area contributed by atoms with Crippen molar-refractivity contribution in [3.8, 4) is 5.75 Å². The fraction of sp³-hybridized carbons (Fsp3) is 0.294. The van der Waals surface area contributed by atoms with Gasteiger partial charge in [0.05, 0.1) is 4.47 Å². The predicted molar refractivity (Wildman–Crippen MR) is 92.0 cm³/mol. The summed E-state index contributed by atoms with van der Waals surface area (Å²) in [6.45, 7) is 4.14. The van der Waals surface area contributed by atoms with Crippen LogP contribution in [-0.4, -0.2) is 6.04 Å². The van der Waals surface area contributed by atoms with E-state index in [-0.39, 0.29) is 12.1 Å². The number of nitrogens with two attached hydrogens (primary N) is 1. The molecule has 2 unspecified atom stereocenters. The van der Waals surface area contributed by atoms with Gasteiger partial charge in [0.1, 0.15) is 11.9 Å². The quantitative estimate of drug-likeness (QED) is 0.780. The number of rotatable bonds is 5. The normalized spacial score (nSPS) is 13.8. The molecule has 0 aliphatic rings. The van der Waals surface area contributed by atoms with Crippen molar-refractivity contribution in [3.63, 3.8) is 0 Å². The summed E-state index contributed by atoms with van der Waals surface area (Å²) in [5, 5.41) is 0.668.